The Bertz CT molecular complexity index is 1560. The number of amides is 1. The first-order valence-corrected chi connectivity index (χ1v) is 15.7. The lowest BCUT2D eigenvalue weighted by Gasteiger charge is -2.55. The van der Waals surface area contributed by atoms with Crippen molar-refractivity contribution in [3.05, 3.63) is 52.0 Å². The number of hydrogen-bond donors (Lipinski definition) is 5. The topological polar surface area (TPSA) is 188 Å². The Morgan fingerprint density at radius 2 is 1.64 bits per heavy atom. The van der Waals surface area contributed by atoms with Crippen molar-refractivity contribution < 1.29 is 44.3 Å². The van der Waals surface area contributed by atoms with Gasteiger partial charge in [0, 0.05) is 11.5 Å². The molecule has 11 heteroatoms. The number of primary amides is 1. The summed E-state index contributed by atoms with van der Waals surface area (Å²) in [4.78, 5) is 56.4. The van der Waals surface area contributed by atoms with E-state index in [0.29, 0.717) is 36.2 Å². The van der Waals surface area contributed by atoms with Crippen molar-refractivity contribution in [3.63, 3.8) is 0 Å². The van der Waals surface area contributed by atoms with E-state index in [1.165, 1.54) is 11.0 Å². The number of Topliss-reactive ketones (excluding diaryl/α,β-unsaturated/α-hetero) is 2. The van der Waals surface area contributed by atoms with Crippen molar-refractivity contribution in [2.24, 2.45) is 40.7 Å². The molecule has 0 heterocycles. The fourth-order valence-electron chi connectivity index (χ4n) is 9.72. The zero-order valence-electron chi connectivity index (χ0n) is 26.2. The highest BCUT2D eigenvalue weighted by atomic mass is 16.5. The molecule has 0 saturated heterocycles. The number of rotatable bonds is 4. The van der Waals surface area contributed by atoms with Crippen molar-refractivity contribution in [1.82, 2.24) is 4.90 Å². The minimum Gasteiger partial charge on any atom is -0.510 e. The van der Waals surface area contributed by atoms with E-state index in [0.717, 1.165) is 19.3 Å². The summed E-state index contributed by atoms with van der Waals surface area (Å²) in [7, 11) is 3.08. The molecule has 6 rings (SSSR count). The van der Waals surface area contributed by atoms with E-state index in [1.54, 1.807) is 33.2 Å². The molecular weight excluding hydrogens is 580 g/mol. The van der Waals surface area contributed by atoms with Crippen LogP contribution in [0.2, 0.25) is 0 Å². The monoisotopic (exact) mass is 622 g/mol. The lowest BCUT2D eigenvalue weighted by Crippen LogP contribution is -2.69. The van der Waals surface area contributed by atoms with Crippen LogP contribution >= 0.6 is 0 Å². The Morgan fingerprint density at radius 1 is 1.02 bits per heavy atom. The Balaban J connectivity index is 1.55. The average Bonchev–Trinajstić information content (AvgIpc) is 2.93. The summed E-state index contributed by atoms with van der Waals surface area (Å²) >= 11 is 0. The maximum absolute atomic E-state index is 14.4. The molecule has 6 N–H and O–H groups in total. The number of aromatic hydroxyl groups is 1. The van der Waals surface area contributed by atoms with Gasteiger partial charge in [-0.1, -0.05) is 26.0 Å². The molecule has 2 saturated carbocycles. The second-order valence-corrected chi connectivity index (χ2v) is 14.7. The molecule has 242 valence electrons. The van der Waals surface area contributed by atoms with Crippen molar-refractivity contribution in [2.45, 2.75) is 76.5 Å². The first-order chi connectivity index (χ1) is 21.0. The summed E-state index contributed by atoms with van der Waals surface area (Å²) in [5, 5.41) is 46.2. The molecule has 1 amide bonds. The molecule has 0 spiro atoms. The van der Waals surface area contributed by atoms with Gasteiger partial charge in [0.1, 0.15) is 28.9 Å². The van der Waals surface area contributed by atoms with Gasteiger partial charge in [0.05, 0.1) is 22.9 Å². The molecule has 1 aromatic rings. The van der Waals surface area contributed by atoms with Crippen LogP contribution in [0.15, 0.2) is 40.9 Å². The van der Waals surface area contributed by atoms with E-state index < -0.39 is 81.4 Å². The number of benzene rings is 1. The summed E-state index contributed by atoms with van der Waals surface area (Å²) < 4.78 is 6.43. The third-order valence-electron chi connectivity index (χ3n) is 11.3. The summed E-state index contributed by atoms with van der Waals surface area (Å²) in [5.74, 6) is -8.17. The Labute approximate surface area is 261 Å². The Hall–Kier alpha value is -3.70. The maximum atomic E-state index is 14.4. The maximum Gasteiger partial charge on any atom is 0.312 e. The quantitative estimate of drug-likeness (QED) is 0.247. The molecular formula is C34H42N2O9. The number of phenols is 1. The number of carbonyl (C=O) groups excluding carboxylic acids is 4. The summed E-state index contributed by atoms with van der Waals surface area (Å²) in [6.45, 7) is 5.85. The van der Waals surface area contributed by atoms with Gasteiger partial charge in [0.15, 0.2) is 11.4 Å². The molecule has 1 aromatic carbocycles. The van der Waals surface area contributed by atoms with Crippen molar-refractivity contribution >= 4 is 23.4 Å². The van der Waals surface area contributed by atoms with Gasteiger partial charge in [-0.05, 0) is 88.4 Å². The number of aliphatic hydroxyl groups excluding tert-OH is 2. The third-order valence-corrected chi connectivity index (χ3v) is 11.3. The Morgan fingerprint density at radius 3 is 2.22 bits per heavy atom. The van der Waals surface area contributed by atoms with Crippen LogP contribution in [0.4, 0.5) is 0 Å². The van der Waals surface area contributed by atoms with Gasteiger partial charge in [0.2, 0.25) is 5.78 Å². The van der Waals surface area contributed by atoms with E-state index in [2.05, 4.69) is 6.92 Å². The van der Waals surface area contributed by atoms with Gasteiger partial charge in [-0.25, -0.2) is 0 Å². The Kier molecular flexibility index (Phi) is 7.24. The average molecular weight is 623 g/mol. The predicted molar refractivity (Wildman–Crippen MR) is 161 cm³/mol. The first kappa shape index (κ1) is 31.3. The second kappa shape index (κ2) is 10.4. The van der Waals surface area contributed by atoms with Gasteiger partial charge in [0.25, 0.3) is 5.91 Å². The molecule has 11 nitrogen and oxygen atoms in total. The number of ether oxygens (including phenoxy) is 1. The number of nitrogens with zero attached hydrogens (tertiary/aromatic N) is 1. The van der Waals surface area contributed by atoms with Crippen molar-refractivity contribution in [1.29, 1.82) is 0 Å². The molecule has 5 aliphatic rings. The second-order valence-electron chi connectivity index (χ2n) is 14.7. The number of aliphatic hydroxyl groups is 3. The van der Waals surface area contributed by atoms with Crippen LogP contribution in [0.5, 0.6) is 5.75 Å². The van der Waals surface area contributed by atoms with Crippen LogP contribution in [0.3, 0.4) is 0 Å². The molecule has 45 heavy (non-hydrogen) atoms. The predicted octanol–water partition coefficient (Wildman–Crippen LogP) is 3.06. The fraction of sp³-hybridized carbons (Fsp3) is 0.588. The van der Waals surface area contributed by atoms with Crippen LogP contribution < -0.4 is 5.73 Å². The highest BCUT2D eigenvalue weighted by Gasteiger charge is 2.69. The molecule has 0 aromatic heterocycles. The van der Waals surface area contributed by atoms with Gasteiger partial charge < -0.3 is 30.9 Å². The van der Waals surface area contributed by atoms with Crippen LogP contribution in [0.1, 0.15) is 74.7 Å². The zero-order chi connectivity index (χ0) is 32.9. The normalized spacial score (nSPS) is 39.3. The van der Waals surface area contributed by atoms with Gasteiger partial charge in [-0.15, -0.1) is 0 Å². The standard InChI is InChI=1S/C34H42N2O9/c1-14-9-16-11-17(10-14)13-33(3,12-16)32(43)45-28-20-15(2)18-7-6-8-19(37)21(18)26(38)22(20)29(40)34(44)24(28)25(36(4)5)27(39)23(30(34)41)31(35)42/h6-8,14-17,20,24-25,28,37,39-40,44H,9-13H2,1-5H3,(H2,35,42)/t14?,15-,16?,17?,20+,24-,25+,28+,33?,34+/m1/s1. The summed E-state index contributed by atoms with van der Waals surface area (Å²) in [6.07, 6.45) is 2.85. The minimum atomic E-state index is -2.96. The van der Waals surface area contributed by atoms with Crippen molar-refractivity contribution in [3.8, 4) is 5.75 Å². The smallest absolute Gasteiger partial charge is 0.312 e. The number of phenolic OH excluding ortho intramolecular Hbond substituents is 1. The largest absolute Gasteiger partial charge is 0.510 e. The number of esters is 1. The highest BCUT2D eigenvalue weighted by Crippen LogP contribution is 2.57. The summed E-state index contributed by atoms with van der Waals surface area (Å²) in [6, 6.07) is 3.24. The number of hydrogen-bond acceptors (Lipinski definition) is 10. The molecule has 0 radical (unpaired) electrons. The lowest BCUT2D eigenvalue weighted by atomic mass is 9.55. The molecule has 2 bridgehead atoms. The fourth-order valence-corrected chi connectivity index (χ4v) is 9.72. The van der Waals surface area contributed by atoms with E-state index in [-0.39, 0.29) is 16.9 Å². The SMILES string of the molecule is CC1CC2CC(C1)CC(C)(C(=O)O[C@H]1[C@@H]3C(=C(O)[C@]4(O)C(=O)C(C(N)=O)=C(O)[C@@H](N(C)C)[C@H]14)C(=O)c1c(O)cccc1[C@H]3C)C2. The molecule has 2 unspecified atom stereocenters. The lowest BCUT2D eigenvalue weighted by molar-refractivity contribution is -0.191. The molecule has 8 atom stereocenters. The van der Waals surface area contributed by atoms with Gasteiger partial charge in [-0.3, -0.25) is 24.1 Å². The van der Waals surface area contributed by atoms with E-state index in [4.69, 9.17) is 10.5 Å². The van der Waals surface area contributed by atoms with E-state index >= 15 is 0 Å². The van der Waals surface area contributed by atoms with E-state index in [1.807, 2.05) is 6.92 Å². The summed E-state index contributed by atoms with van der Waals surface area (Å²) in [5.41, 5.74) is 0.704. The number of ketones is 2. The van der Waals surface area contributed by atoms with Crippen LogP contribution in [0.25, 0.3) is 0 Å². The molecule has 5 aliphatic carbocycles. The van der Waals surface area contributed by atoms with Crippen LogP contribution in [0, 0.1) is 35.0 Å². The number of nitrogens with two attached hydrogens (primary N) is 1. The first-order valence-electron chi connectivity index (χ1n) is 15.7. The number of fused-ring (bicyclic) bond motifs is 5. The minimum absolute atomic E-state index is 0.1000. The highest BCUT2D eigenvalue weighted by molar-refractivity contribution is 6.25. The number of carbonyl (C=O) groups is 4. The third kappa shape index (κ3) is 4.37. The van der Waals surface area contributed by atoms with E-state index in [9.17, 15) is 39.6 Å². The van der Waals surface area contributed by atoms with Gasteiger partial charge >= 0.3 is 5.97 Å². The van der Waals surface area contributed by atoms with Crippen molar-refractivity contribution in [2.75, 3.05) is 14.1 Å². The van der Waals surface area contributed by atoms with Crippen LogP contribution in [-0.4, -0.2) is 80.6 Å². The molecule has 2 fully saturated rings. The molecule has 0 aliphatic heterocycles. The zero-order valence-corrected chi connectivity index (χ0v) is 26.2. The van der Waals surface area contributed by atoms with Crippen LogP contribution in [-0.2, 0) is 19.1 Å². The van der Waals surface area contributed by atoms with Gasteiger partial charge in [-0.2, -0.15) is 0 Å². The number of likely N-dealkylation sites (N-methyl/N-ethyl adjacent to an activating group) is 1.